The molecule has 2 heterocycles. The first-order valence-electron chi connectivity index (χ1n) is 11.0. The molecule has 7 heteroatoms. The first-order valence-corrected chi connectivity index (χ1v) is 11.0. The molecule has 0 aliphatic heterocycles. The molecule has 6 nitrogen and oxygen atoms in total. The van der Waals surface area contributed by atoms with Gasteiger partial charge in [-0.25, -0.2) is 9.37 Å². The van der Waals surface area contributed by atoms with Crippen molar-refractivity contribution >= 4 is 11.7 Å². The Hall–Kier alpha value is -4.10. The van der Waals surface area contributed by atoms with Gasteiger partial charge in [0.2, 0.25) is 0 Å². The molecule has 0 fully saturated rings. The lowest BCUT2D eigenvalue weighted by Gasteiger charge is -2.17. The van der Waals surface area contributed by atoms with Gasteiger partial charge in [0.05, 0.1) is 17.9 Å². The number of pyridine rings is 2. The summed E-state index contributed by atoms with van der Waals surface area (Å²) in [6.07, 6.45) is 3.89. The minimum Gasteiger partial charge on any atom is -0.392 e. The minimum absolute atomic E-state index is 0.283. The summed E-state index contributed by atoms with van der Waals surface area (Å²) in [6.45, 7) is 0.403. The maximum Gasteiger partial charge on any atom is 0.255 e. The second-order valence-electron chi connectivity index (χ2n) is 7.77. The molecule has 1 amide bonds. The topological polar surface area (TPSA) is 87.1 Å². The monoisotopic (exact) mass is 456 g/mol. The van der Waals surface area contributed by atoms with Gasteiger partial charge in [-0.15, -0.1) is 0 Å². The molecule has 172 valence electrons. The fourth-order valence-corrected chi connectivity index (χ4v) is 3.65. The van der Waals surface area contributed by atoms with Gasteiger partial charge < -0.3 is 15.7 Å². The summed E-state index contributed by atoms with van der Waals surface area (Å²) in [5, 5.41) is 16.2. The number of nitrogens with one attached hydrogen (secondary N) is 2. The molecule has 0 saturated carbocycles. The van der Waals surface area contributed by atoms with Gasteiger partial charge in [-0.05, 0) is 47.4 Å². The lowest BCUT2D eigenvalue weighted by Crippen LogP contribution is -2.26. The molecule has 2 aromatic carbocycles. The highest BCUT2D eigenvalue weighted by atomic mass is 19.1. The van der Waals surface area contributed by atoms with E-state index in [1.165, 1.54) is 12.1 Å². The van der Waals surface area contributed by atoms with E-state index in [1.807, 2.05) is 42.5 Å². The van der Waals surface area contributed by atoms with E-state index >= 15 is 0 Å². The van der Waals surface area contributed by atoms with Gasteiger partial charge in [0.25, 0.3) is 5.91 Å². The fraction of sp³-hybridized carbons (Fsp3) is 0.148. The Morgan fingerprint density at radius 3 is 2.53 bits per heavy atom. The van der Waals surface area contributed by atoms with Crippen LogP contribution in [0.4, 0.5) is 10.2 Å². The van der Waals surface area contributed by atoms with E-state index < -0.39 is 0 Å². The molecule has 0 radical (unpaired) electrons. The molecule has 0 aliphatic rings. The predicted octanol–water partition coefficient (Wildman–Crippen LogP) is 4.36. The number of rotatable bonds is 9. The lowest BCUT2D eigenvalue weighted by molar-refractivity contribution is 0.0948. The van der Waals surface area contributed by atoms with Crippen LogP contribution in [0.1, 0.15) is 27.0 Å². The third-order valence-corrected chi connectivity index (χ3v) is 5.34. The summed E-state index contributed by atoms with van der Waals surface area (Å²) in [5.74, 6) is -0.279. The molecule has 3 N–H and O–H groups in total. The summed E-state index contributed by atoms with van der Waals surface area (Å²) < 4.78 is 13.5. The molecule has 4 aromatic rings. The number of amides is 1. The zero-order valence-corrected chi connectivity index (χ0v) is 18.5. The normalized spacial score (nSPS) is 10.6. The maximum absolute atomic E-state index is 13.5. The van der Waals surface area contributed by atoms with Crippen molar-refractivity contribution in [2.45, 2.75) is 19.6 Å². The quantitative estimate of drug-likeness (QED) is 0.348. The van der Waals surface area contributed by atoms with E-state index in [0.29, 0.717) is 36.6 Å². The van der Waals surface area contributed by atoms with Crippen LogP contribution >= 0.6 is 0 Å². The molecule has 0 aliphatic carbocycles. The average molecular weight is 457 g/mol. The number of halogens is 1. The number of anilines is 1. The molecule has 34 heavy (non-hydrogen) atoms. The number of carbonyl (C=O) groups excluding carboxylic acids is 1. The van der Waals surface area contributed by atoms with E-state index in [4.69, 9.17) is 4.98 Å². The molecule has 0 atom stereocenters. The number of benzene rings is 2. The number of carbonyl (C=O) groups is 1. The Morgan fingerprint density at radius 1 is 0.971 bits per heavy atom. The van der Waals surface area contributed by atoms with E-state index in [0.717, 1.165) is 16.7 Å². The SMILES string of the molecule is O=C(NCc1cccnc1)c1c(CO)cc(-c2ccccc2)nc1NCCc1cccc(F)c1. The van der Waals surface area contributed by atoms with Crippen molar-refractivity contribution in [3.8, 4) is 11.3 Å². The highest BCUT2D eigenvalue weighted by molar-refractivity contribution is 6.00. The second kappa shape index (κ2) is 11.2. The minimum atomic E-state index is -0.353. The maximum atomic E-state index is 13.5. The van der Waals surface area contributed by atoms with Crippen molar-refractivity contribution in [3.05, 3.63) is 113 Å². The van der Waals surface area contributed by atoms with Gasteiger partial charge in [-0.1, -0.05) is 48.5 Å². The summed E-state index contributed by atoms with van der Waals surface area (Å²) in [5.41, 5.74) is 3.94. The molecule has 0 unspecified atom stereocenters. The molecular weight excluding hydrogens is 431 g/mol. The van der Waals surface area contributed by atoms with Crippen molar-refractivity contribution in [2.75, 3.05) is 11.9 Å². The van der Waals surface area contributed by atoms with Crippen LogP contribution < -0.4 is 10.6 Å². The average Bonchev–Trinajstić information content (AvgIpc) is 2.88. The zero-order valence-electron chi connectivity index (χ0n) is 18.5. The molecule has 0 spiro atoms. The van der Waals surface area contributed by atoms with Crippen LogP contribution in [0.15, 0.2) is 85.2 Å². The van der Waals surface area contributed by atoms with Crippen LogP contribution in [0, 0.1) is 5.82 Å². The summed E-state index contributed by atoms with van der Waals surface area (Å²) in [4.78, 5) is 21.9. The smallest absolute Gasteiger partial charge is 0.255 e. The van der Waals surface area contributed by atoms with Crippen molar-refractivity contribution in [2.24, 2.45) is 0 Å². The first kappa shape index (κ1) is 23.1. The Kier molecular flexibility index (Phi) is 7.57. The number of aromatic nitrogens is 2. The number of aliphatic hydroxyl groups is 1. The molecule has 0 saturated heterocycles. The van der Waals surface area contributed by atoms with E-state index in [9.17, 15) is 14.3 Å². The van der Waals surface area contributed by atoms with Crippen LogP contribution in [0.2, 0.25) is 0 Å². The van der Waals surface area contributed by atoms with Gasteiger partial charge in [0, 0.05) is 31.0 Å². The van der Waals surface area contributed by atoms with E-state index in [2.05, 4.69) is 15.6 Å². The van der Waals surface area contributed by atoms with Gasteiger partial charge >= 0.3 is 0 Å². The summed E-state index contributed by atoms with van der Waals surface area (Å²) in [6, 6.07) is 21.4. The van der Waals surface area contributed by atoms with Gasteiger partial charge in [-0.2, -0.15) is 0 Å². The summed E-state index contributed by atoms with van der Waals surface area (Å²) in [7, 11) is 0. The van der Waals surface area contributed by atoms with Crippen LogP contribution in [-0.2, 0) is 19.6 Å². The van der Waals surface area contributed by atoms with Crippen LogP contribution in [0.5, 0.6) is 0 Å². The van der Waals surface area contributed by atoms with Gasteiger partial charge in [0.1, 0.15) is 11.6 Å². The Bertz CT molecular complexity index is 1250. The van der Waals surface area contributed by atoms with Crippen molar-refractivity contribution < 1.29 is 14.3 Å². The van der Waals surface area contributed by atoms with Crippen molar-refractivity contribution in [1.29, 1.82) is 0 Å². The highest BCUT2D eigenvalue weighted by Gasteiger charge is 2.20. The van der Waals surface area contributed by atoms with Crippen molar-refractivity contribution in [1.82, 2.24) is 15.3 Å². The number of hydrogen-bond donors (Lipinski definition) is 3. The number of hydrogen-bond acceptors (Lipinski definition) is 5. The molecule has 2 aromatic heterocycles. The lowest BCUT2D eigenvalue weighted by atomic mass is 10.0. The predicted molar refractivity (Wildman–Crippen MR) is 130 cm³/mol. The standard InChI is InChI=1S/C27H25FN4O2/c28-23-10-4-6-19(14-23)11-13-30-26-25(27(34)31-17-20-7-5-12-29-16-20)22(18-33)15-24(32-26)21-8-2-1-3-9-21/h1-10,12,14-16,33H,11,13,17-18H2,(H,30,32)(H,31,34). The second-order valence-corrected chi connectivity index (χ2v) is 7.77. The van der Waals surface area contributed by atoms with Crippen LogP contribution in [0.3, 0.4) is 0 Å². The van der Waals surface area contributed by atoms with Crippen molar-refractivity contribution in [3.63, 3.8) is 0 Å². The van der Waals surface area contributed by atoms with Crippen LogP contribution in [-0.4, -0.2) is 27.5 Å². The highest BCUT2D eigenvalue weighted by Crippen LogP contribution is 2.26. The first-order chi connectivity index (χ1) is 16.6. The molecule has 0 bridgehead atoms. The Morgan fingerprint density at radius 2 is 1.79 bits per heavy atom. The third-order valence-electron chi connectivity index (χ3n) is 5.34. The number of nitrogens with zero attached hydrogens (tertiary/aromatic N) is 2. The van der Waals surface area contributed by atoms with Gasteiger partial charge in [-0.3, -0.25) is 9.78 Å². The van der Waals surface area contributed by atoms with Gasteiger partial charge in [0.15, 0.2) is 0 Å². The molecule has 4 rings (SSSR count). The fourth-order valence-electron chi connectivity index (χ4n) is 3.65. The molecular formula is C27H25FN4O2. The Balaban J connectivity index is 1.62. The zero-order chi connectivity index (χ0) is 23.8. The number of aliphatic hydroxyl groups excluding tert-OH is 1. The third kappa shape index (κ3) is 5.82. The largest absolute Gasteiger partial charge is 0.392 e. The summed E-state index contributed by atoms with van der Waals surface area (Å²) >= 11 is 0. The van der Waals surface area contributed by atoms with E-state index in [1.54, 1.807) is 30.6 Å². The Labute approximate surface area is 197 Å². The van der Waals surface area contributed by atoms with E-state index in [-0.39, 0.29) is 23.9 Å². The van der Waals surface area contributed by atoms with Crippen LogP contribution in [0.25, 0.3) is 11.3 Å².